The Morgan fingerprint density at radius 1 is 1.19 bits per heavy atom. The summed E-state index contributed by atoms with van der Waals surface area (Å²) in [5, 5.41) is 2.84. The van der Waals surface area contributed by atoms with Crippen LogP contribution in [-0.2, 0) is 9.05 Å². The predicted molar refractivity (Wildman–Crippen MR) is 85.6 cm³/mol. The molecule has 118 valence electrons. The molecule has 0 heterocycles. The van der Waals surface area contributed by atoms with E-state index in [2.05, 4.69) is 12.2 Å². The fourth-order valence-electron chi connectivity index (χ4n) is 2.56. The monoisotopic (exact) mass is 331 g/mol. The summed E-state index contributed by atoms with van der Waals surface area (Å²) in [6.45, 7) is 7.77. The first-order valence-corrected chi connectivity index (χ1v) is 9.34. The molecule has 4 nitrogen and oxygen atoms in total. The van der Waals surface area contributed by atoms with E-state index in [1.165, 1.54) is 0 Å². The van der Waals surface area contributed by atoms with E-state index in [0.717, 1.165) is 24.8 Å². The molecule has 0 spiro atoms. The van der Waals surface area contributed by atoms with Crippen molar-refractivity contribution in [1.29, 1.82) is 0 Å². The van der Waals surface area contributed by atoms with Crippen molar-refractivity contribution in [3.63, 3.8) is 0 Å². The average Bonchev–Trinajstić information content (AvgIpc) is 2.32. The molecule has 0 bridgehead atoms. The Kier molecular flexibility index (Phi) is 6.23. The molecule has 0 aliphatic heterocycles. The molecule has 0 aliphatic carbocycles. The highest BCUT2D eigenvalue weighted by Gasteiger charge is 2.23. The summed E-state index contributed by atoms with van der Waals surface area (Å²) < 4.78 is 23.4. The lowest BCUT2D eigenvalue weighted by Gasteiger charge is -2.15. The SMILES string of the molecule is CCCCCNC(=O)c1c(C)cc(C)c(S(=O)(=O)Cl)c1C. The van der Waals surface area contributed by atoms with E-state index in [1.807, 2.05) is 0 Å². The number of carbonyl (C=O) groups excluding carboxylic acids is 1. The van der Waals surface area contributed by atoms with E-state index in [4.69, 9.17) is 10.7 Å². The van der Waals surface area contributed by atoms with Gasteiger partial charge in [-0.15, -0.1) is 0 Å². The van der Waals surface area contributed by atoms with Crippen molar-refractivity contribution in [2.24, 2.45) is 0 Å². The van der Waals surface area contributed by atoms with Crippen LogP contribution in [0, 0.1) is 20.8 Å². The number of nitrogens with one attached hydrogen (secondary N) is 1. The van der Waals surface area contributed by atoms with Gasteiger partial charge in [-0.3, -0.25) is 4.79 Å². The molecule has 1 aromatic rings. The molecule has 0 unspecified atom stereocenters. The van der Waals surface area contributed by atoms with Gasteiger partial charge in [0.25, 0.3) is 15.0 Å². The van der Waals surface area contributed by atoms with Crippen molar-refractivity contribution in [2.45, 2.75) is 51.9 Å². The number of carbonyl (C=O) groups is 1. The van der Waals surface area contributed by atoms with E-state index >= 15 is 0 Å². The van der Waals surface area contributed by atoms with Gasteiger partial charge >= 0.3 is 0 Å². The first-order chi connectivity index (χ1) is 9.70. The maximum absolute atomic E-state index is 12.3. The zero-order chi connectivity index (χ0) is 16.2. The highest BCUT2D eigenvalue weighted by Crippen LogP contribution is 2.28. The molecule has 0 saturated heterocycles. The van der Waals surface area contributed by atoms with Gasteiger partial charge in [-0.1, -0.05) is 25.8 Å². The standard InChI is InChI=1S/C15H22ClNO3S/c1-5-6-7-8-17-15(18)13-10(2)9-11(3)14(12(13)4)21(16,19)20/h9H,5-8H2,1-4H3,(H,17,18). The third-order valence-electron chi connectivity index (χ3n) is 3.44. The molecule has 1 aromatic carbocycles. The van der Waals surface area contributed by atoms with Crippen LogP contribution < -0.4 is 5.32 Å². The molecule has 0 fully saturated rings. The van der Waals surface area contributed by atoms with E-state index in [1.54, 1.807) is 26.8 Å². The summed E-state index contributed by atoms with van der Waals surface area (Å²) in [6, 6.07) is 1.68. The summed E-state index contributed by atoms with van der Waals surface area (Å²) in [6.07, 6.45) is 3.04. The van der Waals surface area contributed by atoms with E-state index in [0.29, 0.717) is 23.2 Å². The topological polar surface area (TPSA) is 63.2 Å². The molecule has 0 saturated carbocycles. The van der Waals surface area contributed by atoms with Crippen LogP contribution in [0.2, 0.25) is 0 Å². The van der Waals surface area contributed by atoms with Gasteiger partial charge in [0.1, 0.15) is 0 Å². The third kappa shape index (κ3) is 4.45. The van der Waals surface area contributed by atoms with Crippen LogP contribution in [0.4, 0.5) is 0 Å². The van der Waals surface area contributed by atoms with Crippen molar-refractivity contribution < 1.29 is 13.2 Å². The van der Waals surface area contributed by atoms with Crippen LogP contribution in [0.1, 0.15) is 53.2 Å². The van der Waals surface area contributed by atoms with Crippen molar-refractivity contribution in [2.75, 3.05) is 6.54 Å². The number of amides is 1. The van der Waals surface area contributed by atoms with Crippen molar-refractivity contribution in [3.8, 4) is 0 Å². The first kappa shape index (κ1) is 18.0. The van der Waals surface area contributed by atoms with Crippen LogP contribution in [-0.4, -0.2) is 20.9 Å². The molecule has 0 aliphatic rings. The smallest absolute Gasteiger partial charge is 0.261 e. The molecule has 6 heteroatoms. The summed E-state index contributed by atoms with van der Waals surface area (Å²) in [5.74, 6) is -0.248. The van der Waals surface area contributed by atoms with E-state index in [-0.39, 0.29) is 10.8 Å². The summed E-state index contributed by atoms with van der Waals surface area (Å²) in [5.41, 5.74) is 2.12. The molecular formula is C15H22ClNO3S. The number of halogens is 1. The highest BCUT2D eigenvalue weighted by molar-refractivity contribution is 8.13. The van der Waals surface area contributed by atoms with Gasteiger partial charge in [0.2, 0.25) is 0 Å². The highest BCUT2D eigenvalue weighted by atomic mass is 35.7. The minimum Gasteiger partial charge on any atom is -0.352 e. The van der Waals surface area contributed by atoms with Gasteiger partial charge in [-0.25, -0.2) is 8.42 Å². The normalized spacial score (nSPS) is 11.5. The fourth-order valence-corrected chi connectivity index (χ4v) is 4.18. The Morgan fingerprint density at radius 2 is 1.81 bits per heavy atom. The van der Waals surface area contributed by atoms with E-state index < -0.39 is 9.05 Å². The lowest BCUT2D eigenvalue weighted by atomic mass is 9.99. The maximum atomic E-state index is 12.3. The molecule has 0 atom stereocenters. The van der Waals surface area contributed by atoms with Crippen LogP contribution in [0.25, 0.3) is 0 Å². The van der Waals surface area contributed by atoms with Crippen LogP contribution in [0.3, 0.4) is 0 Å². The van der Waals surface area contributed by atoms with Crippen molar-refractivity contribution >= 4 is 25.6 Å². The lowest BCUT2D eigenvalue weighted by Crippen LogP contribution is -2.26. The van der Waals surface area contributed by atoms with Gasteiger partial charge in [-0.2, -0.15) is 0 Å². The van der Waals surface area contributed by atoms with Gasteiger partial charge in [0.05, 0.1) is 4.90 Å². The number of hydrogen-bond acceptors (Lipinski definition) is 3. The van der Waals surface area contributed by atoms with E-state index in [9.17, 15) is 13.2 Å². The lowest BCUT2D eigenvalue weighted by molar-refractivity contribution is 0.0951. The Bertz CT molecular complexity index is 639. The summed E-state index contributed by atoms with van der Waals surface area (Å²) in [4.78, 5) is 12.3. The summed E-state index contributed by atoms with van der Waals surface area (Å²) >= 11 is 0. The number of hydrogen-bond donors (Lipinski definition) is 1. The number of aryl methyl sites for hydroxylation is 2. The van der Waals surface area contributed by atoms with Gasteiger partial charge in [0.15, 0.2) is 0 Å². The Labute approximate surface area is 131 Å². The molecule has 0 radical (unpaired) electrons. The van der Waals surface area contributed by atoms with Gasteiger partial charge in [-0.05, 0) is 43.9 Å². The Balaban J connectivity index is 3.16. The van der Waals surface area contributed by atoms with Crippen LogP contribution in [0.15, 0.2) is 11.0 Å². The summed E-state index contributed by atoms with van der Waals surface area (Å²) in [7, 11) is 1.61. The minimum absolute atomic E-state index is 0.0356. The number of rotatable bonds is 6. The average molecular weight is 332 g/mol. The van der Waals surface area contributed by atoms with Crippen molar-refractivity contribution in [1.82, 2.24) is 5.32 Å². The van der Waals surface area contributed by atoms with Gasteiger partial charge < -0.3 is 5.32 Å². The molecular weight excluding hydrogens is 310 g/mol. The fraction of sp³-hybridized carbons (Fsp3) is 0.533. The zero-order valence-electron chi connectivity index (χ0n) is 12.9. The minimum atomic E-state index is -3.87. The van der Waals surface area contributed by atoms with Crippen molar-refractivity contribution in [3.05, 3.63) is 28.3 Å². The second-order valence-electron chi connectivity index (χ2n) is 5.24. The van der Waals surface area contributed by atoms with Gasteiger partial charge in [0, 0.05) is 22.8 Å². The molecule has 1 rings (SSSR count). The molecule has 1 amide bonds. The molecule has 21 heavy (non-hydrogen) atoms. The second-order valence-corrected chi connectivity index (χ2v) is 7.74. The zero-order valence-corrected chi connectivity index (χ0v) is 14.5. The second kappa shape index (κ2) is 7.27. The largest absolute Gasteiger partial charge is 0.352 e. The third-order valence-corrected chi connectivity index (χ3v) is 5.02. The van der Waals surface area contributed by atoms with Crippen LogP contribution in [0.5, 0.6) is 0 Å². The first-order valence-electron chi connectivity index (χ1n) is 7.03. The Morgan fingerprint density at radius 3 is 2.33 bits per heavy atom. The Hall–Kier alpha value is -1.07. The molecule has 1 N–H and O–H groups in total. The number of benzene rings is 1. The maximum Gasteiger partial charge on any atom is 0.261 e. The van der Waals surface area contributed by atoms with Crippen LogP contribution >= 0.6 is 10.7 Å². The predicted octanol–water partition coefficient (Wildman–Crippen LogP) is 3.46. The molecule has 0 aromatic heterocycles. The quantitative estimate of drug-likeness (QED) is 0.641. The number of unbranched alkanes of at least 4 members (excludes halogenated alkanes) is 2.